The molecule has 31 heavy (non-hydrogen) atoms. The van der Waals surface area contributed by atoms with Crippen LogP contribution in [0.25, 0.3) is 16.9 Å². The Hall–Kier alpha value is -3.16. The summed E-state index contributed by atoms with van der Waals surface area (Å²) in [4.78, 5) is 19.6. The average Bonchev–Trinajstić information content (AvgIpc) is 2.74. The second-order valence-electron chi connectivity index (χ2n) is 7.35. The summed E-state index contributed by atoms with van der Waals surface area (Å²) in [5.41, 5.74) is 1.82. The first kappa shape index (κ1) is 22.5. The highest BCUT2D eigenvalue weighted by molar-refractivity contribution is 5.66. The molecule has 1 aromatic carbocycles. The third kappa shape index (κ3) is 5.51. The molecule has 166 valence electrons. The van der Waals surface area contributed by atoms with Crippen molar-refractivity contribution in [1.82, 2.24) is 9.38 Å². The summed E-state index contributed by atoms with van der Waals surface area (Å²) in [5, 5.41) is 9.71. The SMILES string of the molecule is CCCCCN(CCC)c1ccc2nc(-c3ccc(O)c(OC(F)F)c3)cc(=O)n2c1. The molecule has 0 amide bonds. The second kappa shape index (κ2) is 10.2. The van der Waals surface area contributed by atoms with E-state index in [-0.39, 0.29) is 11.3 Å². The lowest BCUT2D eigenvalue weighted by atomic mass is 10.1. The zero-order valence-corrected chi connectivity index (χ0v) is 17.7. The average molecular weight is 431 g/mol. The van der Waals surface area contributed by atoms with Crippen molar-refractivity contribution in [3.63, 3.8) is 0 Å². The van der Waals surface area contributed by atoms with Crippen LogP contribution in [0.3, 0.4) is 0 Å². The van der Waals surface area contributed by atoms with Crippen molar-refractivity contribution in [3.8, 4) is 22.8 Å². The van der Waals surface area contributed by atoms with E-state index in [1.807, 2.05) is 6.07 Å². The third-order valence-electron chi connectivity index (χ3n) is 5.01. The van der Waals surface area contributed by atoms with E-state index in [1.54, 1.807) is 12.3 Å². The fourth-order valence-electron chi connectivity index (χ4n) is 3.48. The first-order valence-electron chi connectivity index (χ1n) is 10.5. The summed E-state index contributed by atoms with van der Waals surface area (Å²) < 4.78 is 30.9. The number of unbranched alkanes of at least 4 members (excludes halogenated alkanes) is 2. The molecule has 0 saturated carbocycles. The van der Waals surface area contributed by atoms with Crippen LogP contribution in [0.5, 0.6) is 11.5 Å². The van der Waals surface area contributed by atoms with Crippen molar-refractivity contribution in [3.05, 3.63) is 52.9 Å². The standard InChI is InChI=1S/C23H27F2N3O3/c1-3-5-6-12-27(11-4-2)17-8-10-21-26-18(14-22(30)28(21)15-17)16-7-9-19(29)20(13-16)31-23(24)25/h7-10,13-15,23,29H,3-6,11-12H2,1-2H3. The highest BCUT2D eigenvalue weighted by Crippen LogP contribution is 2.32. The minimum absolute atomic E-state index is 0.281. The molecule has 0 aliphatic carbocycles. The second-order valence-corrected chi connectivity index (χ2v) is 7.35. The number of nitrogens with zero attached hydrogens (tertiary/aromatic N) is 3. The Morgan fingerprint density at radius 1 is 1.10 bits per heavy atom. The molecule has 8 heteroatoms. The highest BCUT2D eigenvalue weighted by atomic mass is 19.3. The van der Waals surface area contributed by atoms with Crippen molar-refractivity contribution in [1.29, 1.82) is 0 Å². The predicted molar refractivity (Wildman–Crippen MR) is 117 cm³/mol. The molecule has 0 aliphatic heterocycles. The Balaban J connectivity index is 1.96. The lowest BCUT2D eigenvalue weighted by Crippen LogP contribution is -2.26. The van der Waals surface area contributed by atoms with Crippen molar-refractivity contribution in [2.45, 2.75) is 46.1 Å². The van der Waals surface area contributed by atoms with Crippen LogP contribution in [-0.4, -0.2) is 34.2 Å². The Morgan fingerprint density at radius 3 is 2.61 bits per heavy atom. The Morgan fingerprint density at radius 2 is 1.90 bits per heavy atom. The fourth-order valence-corrected chi connectivity index (χ4v) is 3.48. The van der Waals surface area contributed by atoms with E-state index in [2.05, 4.69) is 28.5 Å². The van der Waals surface area contributed by atoms with E-state index in [0.717, 1.165) is 44.5 Å². The minimum Gasteiger partial charge on any atom is -0.504 e. The van der Waals surface area contributed by atoms with E-state index < -0.39 is 12.4 Å². The largest absolute Gasteiger partial charge is 0.504 e. The smallest absolute Gasteiger partial charge is 0.387 e. The number of aromatic hydroxyl groups is 1. The van der Waals surface area contributed by atoms with Crippen molar-refractivity contribution in [2.75, 3.05) is 18.0 Å². The van der Waals surface area contributed by atoms with E-state index in [9.17, 15) is 18.7 Å². The number of ether oxygens (including phenoxy) is 1. The maximum Gasteiger partial charge on any atom is 0.387 e. The van der Waals surface area contributed by atoms with Crippen molar-refractivity contribution < 1.29 is 18.6 Å². The molecule has 0 fully saturated rings. The van der Waals surface area contributed by atoms with Crippen LogP contribution in [-0.2, 0) is 0 Å². The fraction of sp³-hybridized carbons (Fsp3) is 0.391. The number of benzene rings is 1. The van der Waals surface area contributed by atoms with Gasteiger partial charge in [0.25, 0.3) is 5.56 Å². The van der Waals surface area contributed by atoms with Crippen LogP contribution in [0.15, 0.2) is 47.4 Å². The van der Waals surface area contributed by atoms with Gasteiger partial charge in [0.05, 0.1) is 11.4 Å². The lowest BCUT2D eigenvalue weighted by molar-refractivity contribution is -0.0512. The molecule has 6 nitrogen and oxygen atoms in total. The van der Waals surface area contributed by atoms with Crippen LogP contribution in [0, 0.1) is 0 Å². The summed E-state index contributed by atoms with van der Waals surface area (Å²) >= 11 is 0. The maximum atomic E-state index is 12.8. The van der Waals surface area contributed by atoms with Gasteiger partial charge in [0, 0.05) is 30.9 Å². The van der Waals surface area contributed by atoms with Crippen molar-refractivity contribution >= 4 is 11.3 Å². The van der Waals surface area contributed by atoms with Gasteiger partial charge in [0.2, 0.25) is 0 Å². The quantitative estimate of drug-likeness (QED) is 0.454. The van der Waals surface area contributed by atoms with Crippen LogP contribution in [0.2, 0.25) is 0 Å². The van der Waals surface area contributed by atoms with Gasteiger partial charge in [-0.25, -0.2) is 4.98 Å². The number of alkyl halides is 2. The Bertz CT molecular complexity index is 1090. The molecule has 0 saturated heterocycles. The molecule has 2 heterocycles. The molecule has 0 unspecified atom stereocenters. The van der Waals surface area contributed by atoms with Gasteiger partial charge in [-0.1, -0.05) is 26.7 Å². The van der Waals surface area contributed by atoms with Gasteiger partial charge >= 0.3 is 6.61 Å². The van der Waals surface area contributed by atoms with E-state index >= 15 is 0 Å². The van der Waals surface area contributed by atoms with Crippen molar-refractivity contribution in [2.24, 2.45) is 0 Å². The van der Waals surface area contributed by atoms with Crippen LogP contribution in [0.1, 0.15) is 39.5 Å². The van der Waals surface area contributed by atoms with Crippen LogP contribution in [0.4, 0.5) is 14.5 Å². The Labute approximate surface area is 179 Å². The number of anilines is 1. The number of halogens is 2. The number of phenols is 1. The lowest BCUT2D eigenvalue weighted by Gasteiger charge is -2.24. The number of fused-ring (bicyclic) bond motifs is 1. The summed E-state index contributed by atoms with van der Waals surface area (Å²) in [6.07, 6.45) is 6.18. The van der Waals surface area contributed by atoms with Gasteiger partial charge in [-0.05, 0) is 43.2 Å². The topological polar surface area (TPSA) is 67.1 Å². The highest BCUT2D eigenvalue weighted by Gasteiger charge is 2.13. The van der Waals surface area contributed by atoms with Gasteiger partial charge in [0.15, 0.2) is 11.5 Å². The van der Waals surface area contributed by atoms with Gasteiger partial charge < -0.3 is 14.7 Å². The molecule has 3 rings (SSSR count). The van der Waals surface area contributed by atoms with Crippen LogP contribution >= 0.6 is 0 Å². The first-order valence-corrected chi connectivity index (χ1v) is 10.5. The molecular weight excluding hydrogens is 404 g/mol. The van der Waals surface area contributed by atoms with Gasteiger partial charge in [0.1, 0.15) is 5.65 Å². The molecule has 0 aliphatic rings. The van der Waals surface area contributed by atoms with Gasteiger partial charge in [-0.2, -0.15) is 8.78 Å². The summed E-state index contributed by atoms with van der Waals surface area (Å²) in [5.74, 6) is -0.780. The number of rotatable bonds is 10. The molecule has 0 spiro atoms. The summed E-state index contributed by atoms with van der Waals surface area (Å²) in [6.45, 7) is 3.04. The van der Waals surface area contributed by atoms with E-state index in [0.29, 0.717) is 16.9 Å². The van der Waals surface area contributed by atoms with Crippen LogP contribution < -0.4 is 15.2 Å². The monoisotopic (exact) mass is 431 g/mol. The molecule has 0 radical (unpaired) electrons. The molecule has 0 atom stereocenters. The number of aromatic nitrogens is 2. The number of hydrogen-bond donors (Lipinski definition) is 1. The predicted octanol–water partition coefficient (Wildman–Crippen LogP) is 5.08. The Kier molecular flexibility index (Phi) is 7.44. The number of phenolic OH excluding ortho intramolecular Hbond substituents is 1. The zero-order valence-electron chi connectivity index (χ0n) is 17.7. The molecule has 2 aromatic heterocycles. The zero-order chi connectivity index (χ0) is 22.4. The molecule has 0 bridgehead atoms. The van der Waals surface area contributed by atoms with E-state index in [4.69, 9.17) is 0 Å². The van der Waals surface area contributed by atoms with Gasteiger partial charge in [-0.3, -0.25) is 9.20 Å². The number of hydrogen-bond acceptors (Lipinski definition) is 5. The van der Waals surface area contributed by atoms with E-state index in [1.165, 1.54) is 28.7 Å². The summed E-state index contributed by atoms with van der Waals surface area (Å²) in [6, 6.07) is 9.03. The molecule has 1 N–H and O–H groups in total. The maximum absolute atomic E-state index is 12.8. The summed E-state index contributed by atoms with van der Waals surface area (Å²) in [7, 11) is 0. The third-order valence-corrected chi connectivity index (χ3v) is 5.01. The normalized spacial score (nSPS) is 11.3. The molecule has 3 aromatic rings. The first-order chi connectivity index (χ1) is 14.9. The van der Waals surface area contributed by atoms with Gasteiger partial charge in [-0.15, -0.1) is 0 Å². The minimum atomic E-state index is -3.07. The number of pyridine rings is 1. The molecular formula is C23H27F2N3O3.